The molecule has 1 aliphatic rings. The highest BCUT2D eigenvalue weighted by Gasteiger charge is 2.35. The number of nitrogens with two attached hydrogens (primary N) is 1. The van der Waals surface area contributed by atoms with Crippen LogP contribution in [0.25, 0.3) is 0 Å². The maximum Gasteiger partial charge on any atom is 0.351 e. The third-order valence-corrected chi connectivity index (χ3v) is 4.51. The number of para-hydroxylation sites is 3. The van der Waals surface area contributed by atoms with Crippen LogP contribution in [0.2, 0.25) is 0 Å². The molecule has 1 aliphatic heterocycles. The summed E-state index contributed by atoms with van der Waals surface area (Å²) >= 11 is 0. The zero-order valence-corrected chi connectivity index (χ0v) is 16.5. The molecule has 0 spiro atoms. The van der Waals surface area contributed by atoms with Crippen molar-refractivity contribution in [3.63, 3.8) is 0 Å². The summed E-state index contributed by atoms with van der Waals surface area (Å²) in [6.07, 6.45) is -1.40. The summed E-state index contributed by atoms with van der Waals surface area (Å²) in [5, 5.41) is 3.10. The number of aryl methyl sites for hydroxylation is 1. The highest BCUT2D eigenvalue weighted by atomic mass is 16.6. The summed E-state index contributed by atoms with van der Waals surface area (Å²) in [6.45, 7) is 3.52. The van der Waals surface area contributed by atoms with E-state index in [0.717, 1.165) is 11.3 Å². The van der Waals surface area contributed by atoms with Crippen LogP contribution in [0.15, 0.2) is 48.5 Å². The number of nitrogens with zero attached hydrogens (tertiary/aromatic N) is 3. The molecule has 1 aromatic heterocycles. The number of nitrogens with one attached hydrogen (secondary N) is 1. The number of hydrogen-bond acceptors (Lipinski definition) is 9. The molecule has 30 heavy (non-hydrogen) atoms. The molecule has 4 rings (SSSR count). The lowest BCUT2D eigenvalue weighted by Gasteiger charge is -2.30. The Morgan fingerprint density at radius 1 is 1.07 bits per heavy atom. The van der Waals surface area contributed by atoms with Gasteiger partial charge >= 0.3 is 5.97 Å². The first-order valence-electron chi connectivity index (χ1n) is 9.41. The molecule has 2 atom stereocenters. The molecule has 2 heterocycles. The van der Waals surface area contributed by atoms with Crippen LogP contribution in [-0.4, -0.2) is 33.1 Å². The average Bonchev–Trinajstić information content (AvgIpc) is 2.73. The minimum Gasteiger partial charge on any atom is -0.482 e. The van der Waals surface area contributed by atoms with E-state index in [0.29, 0.717) is 11.5 Å². The Labute approximate surface area is 173 Å². The molecule has 9 heteroatoms. The van der Waals surface area contributed by atoms with Crippen LogP contribution in [0, 0.1) is 6.92 Å². The quantitative estimate of drug-likeness (QED) is 0.615. The number of benzene rings is 2. The number of hydrogen-bond donors (Lipinski definition) is 2. The van der Waals surface area contributed by atoms with Gasteiger partial charge in [0.05, 0.1) is 0 Å². The molecule has 0 saturated carbocycles. The van der Waals surface area contributed by atoms with Gasteiger partial charge < -0.3 is 25.3 Å². The van der Waals surface area contributed by atoms with E-state index >= 15 is 0 Å². The van der Waals surface area contributed by atoms with Crippen molar-refractivity contribution < 1.29 is 19.0 Å². The summed E-state index contributed by atoms with van der Waals surface area (Å²) in [5.41, 5.74) is 7.65. The fourth-order valence-corrected chi connectivity index (χ4v) is 2.99. The van der Waals surface area contributed by atoms with Crippen LogP contribution in [0.4, 0.5) is 17.6 Å². The summed E-state index contributed by atoms with van der Waals surface area (Å²) in [5.74, 6) is 1.01. The van der Waals surface area contributed by atoms with E-state index in [1.807, 2.05) is 37.3 Å². The van der Waals surface area contributed by atoms with E-state index in [1.165, 1.54) is 0 Å². The number of anilines is 3. The Hall–Kier alpha value is -3.88. The molecule has 2 unspecified atom stereocenters. The maximum absolute atomic E-state index is 12.6. The second kappa shape index (κ2) is 8.24. The van der Waals surface area contributed by atoms with Gasteiger partial charge in [-0.1, -0.05) is 30.3 Å². The Morgan fingerprint density at radius 2 is 1.77 bits per heavy atom. The third-order valence-electron chi connectivity index (χ3n) is 4.51. The van der Waals surface area contributed by atoms with Crippen molar-refractivity contribution >= 4 is 23.6 Å². The van der Waals surface area contributed by atoms with Crippen molar-refractivity contribution in [2.24, 2.45) is 0 Å². The standard InChI is InChI=1S/C21H21N5O4/c1-12-7-3-4-8-14(12)23-21-25-17(24-20(22)26-21)11-28-19(27)18-13(2)29-15-9-5-6-10-16(15)30-18/h3-10,13,18H,11H2,1-2H3,(H3,22,23,24,25,26). The zero-order valence-electron chi connectivity index (χ0n) is 16.5. The van der Waals surface area contributed by atoms with Gasteiger partial charge in [0, 0.05) is 5.69 Å². The van der Waals surface area contributed by atoms with Crippen molar-refractivity contribution in [1.82, 2.24) is 15.0 Å². The number of carbonyl (C=O) groups excluding carboxylic acids is 1. The van der Waals surface area contributed by atoms with E-state index < -0.39 is 18.2 Å². The van der Waals surface area contributed by atoms with Crippen LogP contribution in [0.3, 0.4) is 0 Å². The van der Waals surface area contributed by atoms with Crippen LogP contribution in [-0.2, 0) is 16.1 Å². The van der Waals surface area contributed by atoms with Crippen molar-refractivity contribution in [1.29, 1.82) is 0 Å². The largest absolute Gasteiger partial charge is 0.482 e. The van der Waals surface area contributed by atoms with Gasteiger partial charge in [-0.3, -0.25) is 0 Å². The molecule has 0 radical (unpaired) electrons. The van der Waals surface area contributed by atoms with Gasteiger partial charge in [0.1, 0.15) is 6.10 Å². The lowest BCUT2D eigenvalue weighted by Crippen LogP contribution is -2.44. The molecule has 2 aromatic carbocycles. The smallest absolute Gasteiger partial charge is 0.351 e. The predicted molar refractivity (Wildman–Crippen MR) is 109 cm³/mol. The first-order valence-corrected chi connectivity index (χ1v) is 9.41. The van der Waals surface area contributed by atoms with Crippen LogP contribution in [0.5, 0.6) is 11.5 Å². The summed E-state index contributed by atoms with van der Waals surface area (Å²) in [7, 11) is 0. The van der Waals surface area contributed by atoms with Gasteiger partial charge in [0.25, 0.3) is 0 Å². The number of carbonyl (C=O) groups is 1. The maximum atomic E-state index is 12.6. The minimum atomic E-state index is -0.899. The van der Waals surface area contributed by atoms with Crippen molar-refractivity contribution in [2.75, 3.05) is 11.1 Å². The normalized spacial score (nSPS) is 17.3. The highest BCUT2D eigenvalue weighted by Crippen LogP contribution is 2.33. The number of esters is 1. The Bertz CT molecular complexity index is 1070. The lowest BCUT2D eigenvalue weighted by atomic mass is 10.2. The van der Waals surface area contributed by atoms with Crippen LogP contribution < -0.4 is 20.5 Å². The fourth-order valence-electron chi connectivity index (χ4n) is 2.99. The van der Waals surface area contributed by atoms with Gasteiger partial charge in [-0.25, -0.2) is 4.79 Å². The Morgan fingerprint density at radius 3 is 2.53 bits per heavy atom. The molecule has 154 valence electrons. The monoisotopic (exact) mass is 407 g/mol. The summed E-state index contributed by atoms with van der Waals surface area (Å²) in [4.78, 5) is 25.0. The molecule has 0 bridgehead atoms. The number of rotatable bonds is 5. The Kier molecular flexibility index (Phi) is 5.34. The number of fused-ring (bicyclic) bond motifs is 1. The van der Waals surface area contributed by atoms with Crippen LogP contribution in [0.1, 0.15) is 18.3 Å². The van der Waals surface area contributed by atoms with E-state index in [4.69, 9.17) is 19.9 Å². The molecule has 0 fully saturated rings. The molecule has 3 aromatic rings. The van der Waals surface area contributed by atoms with E-state index in [2.05, 4.69) is 20.3 Å². The second-order valence-electron chi connectivity index (χ2n) is 6.79. The molecular weight excluding hydrogens is 386 g/mol. The lowest BCUT2D eigenvalue weighted by molar-refractivity contribution is -0.159. The van der Waals surface area contributed by atoms with Crippen molar-refractivity contribution in [3.05, 3.63) is 59.9 Å². The molecular formula is C21H21N5O4. The first kappa shape index (κ1) is 19.4. The predicted octanol–water partition coefficient (Wildman–Crippen LogP) is 2.78. The molecule has 0 amide bonds. The summed E-state index contributed by atoms with van der Waals surface area (Å²) in [6, 6.07) is 14.8. The first-order chi connectivity index (χ1) is 14.5. The molecule has 3 N–H and O–H groups in total. The van der Waals surface area contributed by atoms with E-state index in [9.17, 15) is 4.79 Å². The van der Waals surface area contributed by atoms with Crippen molar-refractivity contribution in [3.8, 4) is 11.5 Å². The third kappa shape index (κ3) is 4.24. The van der Waals surface area contributed by atoms with Crippen molar-refractivity contribution in [2.45, 2.75) is 32.7 Å². The van der Waals surface area contributed by atoms with Gasteiger partial charge in [0.2, 0.25) is 18.0 Å². The highest BCUT2D eigenvalue weighted by molar-refractivity contribution is 5.76. The van der Waals surface area contributed by atoms with Gasteiger partial charge in [-0.15, -0.1) is 0 Å². The van der Waals surface area contributed by atoms with Gasteiger partial charge in [-0.05, 0) is 37.6 Å². The van der Waals surface area contributed by atoms with Gasteiger partial charge in [-0.2, -0.15) is 15.0 Å². The number of nitrogen functional groups attached to an aromatic ring is 1. The zero-order chi connectivity index (χ0) is 21.1. The van der Waals surface area contributed by atoms with E-state index in [-0.39, 0.29) is 24.3 Å². The second-order valence-corrected chi connectivity index (χ2v) is 6.79. The molecule has 9 nitrogen and oxygen atoms in total. The fraction of sp³-hybridized carbons (Fsp3) is 0.238. The minimum absolute atomic E-state index is 0.0201. The molecule has 0 saturated heterocycles. The van der Waals surface area contributed by atoms with Crippen LogP contribution >= 0.6 is 0 Å². The topological polar surface area (TPSA) is 121 Å². The summed E-state index contributed by atoms with van der Waals surface area (Å²) < 4.78 is 16.8. The SMILES string of the molecule is Cc1ccccc1Nc1nc(N)nc(COC(=O)C2Oc3ccccc3OC2C)n1. The number of ether oxygens (including phenoxy) is 3. The van der Waals surface area contributed by atoms with Gasteiger partial charge in [0.15, 0.2) is 23.9 Å². The Balaban J connectivity index is 1.43. The number of aromatic nitrogens is 3. The average molecular weight is 407 g/mol. The molecule has 0 aliphatic carbocycles. The van der Waals surface area contributed by atoms with E-state index in [1.54, 1.807) is 25.1 Å².